The Morgan fingerprint density at radius 3 is 1.90 bits per heavy atom. The van der Waals surface area contributed by atoms with Crippen LogP contribution in [0.3, 0.4) is 0 Å². The van der Waals surface area contributed by atoms with Gasteiger partial charge in [0.2, 0.25) is 0 Å². The Kier molecular flexibility index (Phi) is 14.6. The molecule has 0 amide bonds. The second kappa shape index (κ2) is 11.6. The molecule has 5 N–H and O–H groups in total. The highest BCUT2D eigenvalue weighted by atomic mass is 16.5. The highest BCUT2D eigenvalue weighted by Gasteiger charge is 1.92. The molecule has 0 aliphatic carbocycles. The van der Waals surface area contributed by atoms with Gasteiger partial charge in [-0.1, -0.05) is 0 Å². The molecule has 0 bridgehead atoms. The Balaban J connectivity index is 0. The Morgan fingerprint density at radius 2 is 1.80 bits per heavy atom. The van der Waals surface area contributed by atoms with Crippen LogP contribution in [0.4, 0.5) is 0 Å². The number of rotatable bonds is 3. The Labute approximate surface area is 60.6 Å². The van der Waals surface area contributed by atoms with E-state index in [1.54, 1.807) is 0 Å². The van der Waals surface area contributed by atoms with Crippen molar-refractivity contribution in [1.29, 1.82) is 0 Å². The van der Waals surface area contributed by atoms with Crippen molar-refractivity contribution >= 4 is 7.32 Å². The molecule has 0 saturated carbocycles. The van der Waals surface area contributed by atoms with Crippen molar-refractivity contribution in [3.05, 3.63) is 0 Å². The predicted octanol–water partition coefficient (Wildman–Crippen LogP) is -2.07. The van der Waals surface area contributed by atoms with Gasteiger partial charge in [0.1, 0.15) is 0 Å². The molecule has 0 saturated heterocycles. The lowest BCUT2D eigenvalue weighted by molar-refractivity contribution is 0.155. The third kappa shape index (κ3) is 45.2. The average molecular weight is 151 g/mol. The summed E-state index contributed by atoms with van der Waals surface area (Å²) in [5.41, 5.74) is 5.09. The fraction of sp³-hybridized carbons (Fsp3) is 1.00. The zero-order chi connectivity index (χ0) is 8.41. The van der Waals surface area contributed by atoms with Crippen LogP contribution in [0.1, 0.15) is 6.92 Å². The molecule has 0 rings (SSSR count). The molecule has 62 valence electrons. The molecule has 10 heavy (non-hydrogen) atoms. The smallest absolute Gasteiger partial charge is 0.402 e. The lowest BCUT2D eigenvalue weighted by Gasteiger charge is -1.91. The van der Waals surface area contributed by atoms with Gasteiger partial charge in [0.05, 0.1) is 6.61 Å². The fourth-order valence-corrected chi connectivity index (χ4v) is 0.228. The lowest BCUT2D eigenvalue weighted by atomic mass is 10.3. The van der Waals surface area contributed by atoms with Gasteiger partial charge in [0.15, 0.2) is 0 Å². The van der Waals surface area contributed by atoms with Gasteiger partial charge < -0.3 is 25.5 Å². The van der Waals surface area contributed by atoms with Gasteiger partial charge in [0.25, 0.3) is 0 Å². The number of ether oxygens (including phenoxy) is 1. The molecule has 0 aliphatic heterocycles. The summed E-state index contributed by atoms with van der Waals surface area (Å²) < 4.78 is 4.86. The van der Waals surface area contributed by atoms with Gasteiger partial charge in [-0.2, -0.15) is 0 Å². The van der Waals surface area contributed by atoms with Crippen molar-refractivity contribution in [3.8, 4) is 0 Å². The minimum Gasteiger partial charge on any atom is -0.402 e. The maximum atomic E-state index is 7.17. The molecule has 0 spiro atoms. The van der Waals surface area contributed by atoms with Crippen LogP contribution in [0, 0.1) is 0 Å². The van der Waals surface area contributed by atoms with E-state index in [1.807, 2.05) is 6.92 Å². The minimum absolute atomic E-state index is 0.633. The summed E-state index contributed by atoms with van der Waals surface area (Å²) in [7, 11) is -2.17. The van der Waals surface area contributed by atoms with E-state index >= 15 is 0 Å². The summed E-state index contributed by atoms with van der Waals surface area (Å²) in [6.45, 7) is 4.05. The van der Waals surface area contributed by atoms with E-state index < -0.39 is 7.32 Å². The van der Waals surface area contributed by atoms with Crippen molar-refractivity contribution in [1.82, 2.24) is 0 Å². The normalized spacial score (nSPS) is 8.10. The summed E-state index contributed by atoms with van der Waals surface area (Å²) in [6, 6.07) is 0. The van der Waals surface area contributed by atoms with Crippen molar-refractivity contribution < 1.29 is 19.8 Å². The zero-order valence-corrected chi connectivity index (χ0v) is 6.03. The van der Waals surface area contributed by atoms with E-state index in [-0.39, 0.29) is 0 Å². The molecular weight excluding hydrogens is 137 g/mol. The van der Waals surface area contributed by atoms with Crippen LogP contribution < -0.4 is 5.73 Å². The van der Waals surface area contributed by atoms with Crippen LogP contribution in [0.2, 0.25) is 0 Å². The quantitative estimate of drug-likeness (QED) is 0.274. The van der Waals surface area contributed by atoms with Crippen molar-refractivity contribution in [3.63, 3.8) is 0 Å². The lowest BCUT2D eigenvalue weighted by Crippen LogP contribution is -2.07. The maximum Gasteiger partial charge on any atom is 0.631 e. The molecule has 0 aromatic heterocycles. The molecule has 5 nitrogen and oxygen atoms in total. The van der Waals surface area contributed by atoms with Crippen molar-refractivity contribution in [2.75, 3.05) is 19.8 Å². The van der Waals surface area contributed by atoms with Gasteiger partial charge >= 0.3 is 7.32 Å². The maximum absolute atomic E-state index is 7.17. The first-order chi connectivity index (χ1) is 4.65. The fourth-order valence-electron chi connectivity index (χ4n) is 0.228. The highest BCUT2D eigenvalue weighted by Crippen LogP contribution is 1.64. The summed E-state index contributed by atoms with van der Waals surface area (Å²) in [6.07, 6.45) is 0. The van der Waals surface area contributed by atoms with Crippen LogP contribution in [0.5, 0.6) is 0 Å². The van der Waals surface area contributed by atoms with E-state index in [0.717, 1.165) is 6.61 Å². The summed E-state index contributed by atoms with van der Waals surface area (Å²) in [4.78, 5) is 0. The molecule has 0 fully saturated rings. The average Bonchev–Trinajstić information content (AvgIpc) is 1.82. The zero-order valence-electron chi connectivity index (χ0n) is 6.03. The molecule has 0 radical (unpaired) electrons. The van der Waals surface area contributed by atoms with E-state index in [2.05, 4.69) is 0 Å². The second-order valence-electron chi connectivity index (χ2n) is 1.33. The Hall–Kier alpha value is -0.135. The third-order valence-electron chi connectivity index (χ3n) is 0.466. The van der Waals surface area contributed by atoms with E-state index in [0.29, 0.717) is 13.2 Å². The predicted molar refractivity (Wildman–Crippen MR) is 38.0 cm³/mol. The van der Waals surface area contributed by atoms with Crippen molar-refractivity contribution in [2.24, 2.45) is 5.73 Å². The summed E-state index contributed by atoms with van der Waals surface area (Å²) in [5, 5.41) is 21.5. The standard InChI is InChI=1S/C4H11NO.BH3O3/c1-2-6-4-3-5;2-1(3)4/h2-5H2,1H3;2-4H. The molecule has 0 atom stereocenters. The Morgan fingerprint density at radius 1 is 1.40 bits per heavy atom. The largest absolute Gasteiger partial charge is 0.631 e. The first-order valence-corrected chi connectivity index (χ1v) is 2.97. The van der Waals surface area contributed by atoms with Gasteiger partial charge in [-0.05, 0) is 6.92 Å². The van der Waals surface area contributed by atoms with Gasteiger partial charge in [-0.25, -0.2) is 0 Å². The Bertz CT molecular complexity index is 47.8. The highest BCUT2D eigenvalue weighted by molar-refractivity contribution is 6.30. The second-order valence-corrected chi connectivity index (χ2v) is 1.33. The molecule has 0 aromatic rings. The van der Waals surface area contributed by atoms with E-state index in [4.69, 9.17) is 25.5 Å². The third-order valence-corrected chi connectivity index (χ3v) is 0.466. The minimum atomic E-state index is -2.17. The van der Waals surface area contributed by atoms with Crippen LogP contribution >= 0.6 is 0 Å². The monoisotopic (exact) mass is 151 g/mol. The van der Waals surface area contributed by atoms with Crippen molar-refractivity contribution in [2.45, 2.75) is 6.92 Å². The number of nitrogens with two attached hydrogens (primary N) is 1. The topological polar surface area (TPSA) is 95.9 Å². The van der Waals surface area contributed by atoms with Gasteiger partial charge in [-0.3, -0.25) is 0 Å². The number of hydrogen-bond acceptors (Lipinski definition) is 5. The molecule has 0 unspecified atom stereocenters. The molecule has 0 heterocycles. The van der Waals surface area contributed by atoms with Crippen LogP contribution in [0.25, 0.3) is 0 Å². The van der Waals surface area contributed by atoms with Gasteiger partial charge in [0, 0.05) is 13.2 Å². The number of hydrogen-bond donors (Lipinski definition) is 4. The summed E-state index contributed by atoms with van der Waals surface area (Å²) in [5.74, 6) is 0. The van der Waals surface area contributed by atoms with Crippen LogP contribution in [0.15, 0.2) is 0 Å². The summed E-state index contributed by atoms with van der Waals surface area (Å²) >= 11 is 0. The van der Waals surface area contributed by atoms with E-state index in [9.17, 15) is 0 Å². The van der Waals surface area contributed by atoms with Gasteiger partial charge in [-0.15, -0.1) is 0 Å². The van der Waals surface area contributed by atoms with Crippen LogP contribution in [-0.4, -0.2) is 42.2 Å². The first-order valence-electron chi connectivity index (χ1n) is 2.97. The first kappa shape index (κ1) is 12.5. The molecular formula is C4H14BNO4. The molecule has 6 heteroatoms. The molecule has 0 aliphatic rings. The SMILES string of the molecule is CCOCCN.OB(O)O. The van der Waals surface area contributed by atoms with Crippen LogP contribution in [-0.2, 0) is 4.74 Å². The van der Waals surface area contributed by atoms with E-state index in [1.165, 1.54) is 0 Å². The molecule has 0 aromatic carbocycles.